The van der Waals surface area contributed by atoms with Crippen LogP contribution < -0.4 is 5.32 Å². The van der Waals surface area contributed by atoms with Gasteiger partial charge in [-0.25, -0.2) is 4.79 Å². The number of halogens is 1. The molecule has 0 atom stereocenters. The summed E-state index contributed by atoms with van der Waals surface area (Å²) in [4.78, 5) is 21.2. The van der Waals surface area contributed by atoms with Crippen LogP contribution in [0.2, 0.25) is 5.02 Å². The molecule has 0 bridgehead atoms. The summed E-state index contributed by atoms with van der Waals surface area (Å²) in [6, 6.07) is 10.8. The second-order valence-corrected chi connectivity index (χ2v) is 4.65. The van der Waals surface area contributed by atoms with Crippen LogP contribution in [0.4, 0.5) is 11.4 Å². The molecule has 108 valence electrons. The molecule has 0 aromatic heterocycles. The van der Waals surface area contributed by atoms with Crippen LogP contribution in [-0.2, 0) is 6.54 Å². The van der Waals surface area contributed by atoms with Gasteiger partial charge in [0.25, 0.3) is 5.69 Å². The molecule has 0 fully saturated rings. The fourth-order valence-electron chi connectivity index (χ4n) is 1.80. The summed E-state index contributed by atoms with van der Waals surface area (Å²) in [7, 11) is 0. The monoisotopic (exact) mass is 306 g/mol. The first kappa shape index (κ1) is 14.8. The lowest BCUT2D eigenvalue weighted by atomic mass is 10.1. The summed E-state index contributed by atoms with van der Waals surface area (Å²) >= 11 is 6.01. The van der Waals surface area contributed by atoms with E-state index >= 15 is 0 Å². The molecule has 0 saturated carbocycles. The Kier molecular flexibility index (Phi) is 4.39. The number of nitro groups is 1. The molecular weight excluding hydrogens is 296 g/mol. The van der Waals surface area contributed by atoms with E-state index in [0.717, 1.165) is 11.6 Å². The van der Waals surface area contributed by atoms with E-state index in [4.69, 9.17) is 16.7 Å². The minimum atomic E-state index is -1.21. The molecule has 21 heavy (non-hydrogen) atoms. The average Bonchev–Trinajstić information content (AvgIpc) is 2.46. The van der Waals surface area contributed by atoms with Gasteiger partial charge in [-0.2, -0.15) is 0 Å². The maximum Gasteiger partial charge on any atom is 0.335 e. The predicted octanol–water partition coefficient (Wildman–Crippen LogP) is 3.56. The number of carboxylic acid groups (broad SMARTS) is 1. The first-order valence-electron chi connectivity index (χ1n) is 5.98. The molecule has 0 unspecified atom stereocenters. The number of anilines is 1. The first-order chi connectivity index (χ1) is 9.99. The van der Waals surface area contributed by atoms with Gasteiger partial charge in [0.05, 0.1) is 10.5 Å². The van der Waals surface area contributed by atoms with E-state index in [2.05, 4.69) is 5.32 Å². The van der Waals surface area contributed by atoms with Crippen molar-refractivity contribution in [3.63, 3.8) is 0 Å². The highest BCUT2D eigenvalue weighted by atomic mass is 35.5. The number of rotatable bonds is 5. The minimum Gasteiger partial charge on any atom is -0.478 e. The van der Waals surface area contributed by atoms with Gasteiger partial charge < -0.3 is 10.4 Å². The normalized spacial score (nSPS) is 10.1. The lowest BCUT2D eigenvalue weighted by Crippen LogP contribution is -2.05. The molecule has 2 N–H and O–H groups in total. The van der Waals surface area contributed by atoms with Crippen LogP contribution in [-0.4, -0.2) is 16.0 Å². The molecule has 0 radical (unpaired) electrons. The molecule has 0 amide bonds. The maximum atomic E-state index is 11.0. The van der Waals surface area contributed by atoms with Crippen LogP contribution in [0.15, 0.2) is 42.5 Å². The molecule has 2 aromatic rings. The Labute approximate surface area is 125 Å². The van der Waals surface area contributed by atoms with Crippen LogP contribution >= 0.6 is 11.6 Å². The summed E-state index contributed by atoms with van der Waals surface area (Å²) < 4.78 is 0. The molecule has 0 aliphatic carbocycles. The third-order valence-corrected chi connectivity index (χ3v) is 3.24. The van der Waals surface area contributed by atoms with Crippen molar-refractivity contribution in [3.05, 3.63) is 68.7 Å². The highest BCUT2D eigenvalue weighted by molar-refractivity contribution is 6.31. The quantitative estimate of drug-likeness (QED) is 0.651. The van der Waals surface area contributed by atoms with Crippen molar-refractivity contribution in [3.8, 4) is 0 Å². The molecule has 6 nitrogen and oxygen atoms in total. The highest BCUT2D eigenvalue weighted by Gasteiger charge is 2.17. The third kappa shape index (κ3) is 3.49. The van der Waals surface area contributed by atoms with Crippen molar-refractivity contribution in [2.24, 2.45) is 0 Å². The number of nitrogens with zero attached hydrogens (tertiary/aromatic N) is 1. The van der Waals surface area contributed by atoms with Crippen molar-refractivity contribution >= 4 is 28.9 Å². The van der Waals surface area contributed by atoms with E-state index < -0.39 is 10.9 Å². The van der Waals surface area contributed by atoms with Gasteiger partial charge in [-0.3, -0.25) is 10.1 Å². The summed E-state index contributed by atoms with van der Waals surface area (Å²) in [6.45, 7) is 0.299. The lowest BCUT2D eigenvalue weighted by Gasteiger charge is -2.09. The van der Waals surface area contributed by atoms with Crippen LogP contribution in [0.5, 0.6) is 0 Å². The molecule has 0 aliphatic heterocycles. The van der Waals surface area contributed by atoms with Crippen molar-refractivity contribution < 1.29 is 14.8 Å². The smallest absolute Gasteiger partial charge is 0.335 e. The second-order valence-electron chi connectivity index (χ2n) is 4.24. The number of aromatic carboxylic acids is 1. The zero-order chi connectivity index (χ0) is 15.4. The zero-order valence-corrected chi connectivity index (χ0v) is 11.5. The number of hydrogen-bond donors (Lipinski definition) is 2. The second kappa shape index (κ2) is 6.23. The largest absolute Gasteiger partial charge is 0.478 e. The average molecular weight is 307 g/mol. The molecule has 2 aromatic carbocycles. The van der Waals surface area contributed by atoms with Gasteiger partial charge in [-0.05, 0) is 23.8 Å². The molecule has 2 rings (SSSR count). The Morgan fingerprint density at radius 1 is 1.29 bits per heavy atom. The Morgan fingerprint density at radius 2 is 2.00 bits per heavy atom. The number of carboxylic acids is 1. The lowest BCUT2D eigenvalue weighted by molar-refractivity contribution is -0.384. The number of carbonyl (C=O) groups is 1. The summed E-state index contributed by atoms with van der Waals surface area (Å²) in [6.07, 6.45) is 0. The van der Waals surface area contributed by atoms with Crippen LogP contribution in [0.25, 0.3) is 0 Å². The Balaban J connectivity index is 2.26. The number of nitrogens with one attached hydrogen (secondary N) is 1. The van der Waals surface area contributed by atoms with Crippen LogP contribution in [0.3, 0.4) is 0 Å². The fraction of sp³-hybridized carbons (Fsp3) is 0.0714. The Morgan fingerprint density at radius 3 is 2.62 bits per heavy atom. The fourth-order valence-corrected chi connectivity index (χ4v) is 2.00. The molecule has 0 aliphatic rings. The SMILES string of the molecule is O=C(O)c1ccc(NCc2ccccc2Cl)c([N+](=O)[O-])c1. The van der Waals surface area contributed by atoms with E-state index in [1.165, 1.54) is 12.1 Å². The summed E-state index contributed by atoms with van der Waals surface area (Å²) in [5.41, 5.74) is 0.604. The standard InChI is InChI=1S/C14H11ClN2O4/c15-11-4-2-1-3-10(11)8-16-12-6-5-9(14(18)19)7-13(12)17(20)21/h1-7,16H,8H2,(H,18,19). The molecule has 0 heterocycles. The topological polar surface area (TPSA) is 92.5 Å². The third-order valence-electron chi connectivity index (χ3n) is 2.87. The Hall–Kier alpha value is -2.60. The van der Waals surface area contributed by atoms with Crippen molar-refractivity contribution in [2.45, 2.75) is 6.54 Å². The van der Waals surface area contributed by atoms with Gasteiger partial charge >= 0.3 is 5.97 Å². The zero-order valence-electron chi connectivity index (χ0n) is 10.7. The summed E-state index contributed by atoms with van der Waals surface area (Å²) in [5, 5.41) is 23.3. The summed E-state index contributed by atoms with van der Waals surface area (Å²) in [5.74, 6) is -1.21. The number of hydrogen-bond acceptors (Lipinski definition) is 4. The predicted molar refractivity (Wildman–Crippen MR) is 78.8 cm³/mol. The minimum absolute atomic E-state index is 0.134. The molecule has 0 spiro atoms. The van der Waals surface area contributed by atoms with Crippen LogP contribution in [0, 0.1) is 10.1 Å². The molecule has 0 saturated heterocycles. The number of nitro benzene ring substituents is 1. The van der Waals surface area contributed by atoms with Gasteiger partial charge in [0.1, 0.15) is 5.69 Å². The Bertz CT molecular complexity index is 703. The van der Waals surface area contributed by atoms with Crippen LogP contribution in [0.1, 0.15) is 15.9 Å². The van der Waals surface area contributed by atoms with Crippen molar-refractivity contribution in [2.75, 3.05) is 5.32 Å². The van der Waals surface area contributed by atoms with E-state index in [-0.39, 0.29) is 16.9 Å². The van der Waals surface area contributed by atoms with E-state index in [1.54, 1.807) is 18.2 Å². The van der Waals surface area contributed by atoms with Gasteiger partial charge in [0.15, 0.2) is 0 Å². The van der Waals surface area contributed by atoms with E-state index in [9.17, 15) is 14.9 Å². The molecular formula is C14H11ClN2O4. The maximum absolute atomic E-state index is 11.0. The highest BCUT2D eigenvalue weighted by Crippen LogP contribution is 2.27. The molecule has 7 heteroatoms. The first-order valence-corrected chi connectivity index (χ1v) is 6.36. The van der Waals surface area contributed by atoms with Gasteiger partial charge in [0.2, 0.25) is 0 Å². The van der Waals surface area contributed by atoms with Gasteiger partial charge in [-0.15, -0.1) is 0 Å². The van der Waals surface area contributed by atoms with E-state index in [0.29, 0.717) is 11.6 Å². The van der Waals surface area contributed by atoms with Crippen molar-refractivity contribution in [1.29, 1.82) is 0 Å². The van der Waals surface area contributed by atoms with E-state index in [1.807, 2.05) is 6.07 Å². The van der Waals surface area contributed by atoms with Crippen molar-refractivity contribution in [1.82, 2.24) is 0 Å². The van der Waals surface area contributed by atoms with Gasteiger partial charge in [-0.1, -0.05) is 29.8 Å². The number of benzene rings is 2. The van der Waals surface area contributed by atoms with Gasteiger partial charge in [0, 0.05) is 17.6 Å².